The average molecular weight is 453 g/mol. The van der Waals surface area contributed by atoms with Crippen molar-refractivity contribution in [3.05, 3.63) is 132 Å². The van der Waals surface area contributed by atoms with Crippen LogP contribution in [0.1, 0.15) is 34.5 Å². The molecular weight excluding hydrogens is 424 g/mol. The van der Waals surface area contributed by atoms with Crippen molar-refractivity contribution < 1.29 is 19.1 Å². The van der Waals surface area contributed by atoms with Crippen LogP contribution in [0, 0.1) is 6.92 Å². The van der Waals surface area contributed by atoms with E-state index in [1.807, 2.05) is 92.7 Å². The molecule has 0 radical (unpaired) electrons. The van der Waals surface area contributed by atoms with Crippen LogP contribution in [0.25, 0.3) is 11.1 Å². The Morgan fingerprint density at radius 2 is 1.53 bits per heavy atom. The smallest absolute Gasteiger partial charge is 0.338 e. The summed E-state index contributed by atoms with van der Waals surface area (Å²) in [5.74, 6) is -0.518. The van der Waals surface area contributed by atoms with Crippen molar-refractivity contribution in [2.75, 3.05) is 0 Å². The van der Waals surface area contributed by atoms with Gasteiger partial charge in [-0.15, -0.1) is 0 Å². The fourth-order valence-corrected chi connectivity index (χ4v) is 3.63. The number of carbonyl (C=O) groups is 2. The molecule has 172 valence electrons. The van der Waals surface area contributed by atoms with Crippen LogP contribution in [-0.4, -0.2) is 18.5 Å². The van der Waals surface area contributed by atoms with Crippen molar-refractivity contribution in [2.24, 2.45) is 0 Å². The van der Waals surface area contributed by atoms with Crippen molar-refractivity contribution in [3.8, 4) is 11.1 Å². The molecule has 0 aliphatic heterocycles. The van der Waals surface area contributed by atoms with Gasteiger partial charge in [-0.2, -0.15) is 0 Å². The van der Waals surface area contributed by atoms with Gasteiger partial charge < -0.3 is 9.47 Å². The zero-order chi connectivity index (χ0) is 24.3. The Labute approximate surface area is 200 Å². The lowest BCUT2D eigenvalue weighted by Crippen LogP contribution is -2.29. The molecule has 0 aromatic heterocycles. The summed E-state index contributed by atoms with van der Waals surface area (Å²) < 4.78 is 11.4. The largest absolute Gasteiger partial charge is 0.455 e. The minimum Gasteiger partial charge on any atom is -0.455 e. The number of esters is 1. The van der Waals surface area contributed by atoms with Gasteiger partial charge in [-0.1, -0.05) is 103 Å². The Bertz CT molecular complexity index is 1160. The molecule has 0 aliphatic rings. The number of carbonyl (C=O) groups excluding carboxylic acids is 2. The maximum Gasteiger partial charge on any atom is 0.338 e. The molecule has 0 fully saturated rings. The number of benzene rings is 3. The first kappa shape index (κ1) is 24.5. The van der Waals surface area contributed by atoms with Crippen molar-refractivity contribution >= 4 is 12.4 Å². The minimum atomic E-state index is -0.869. The summed E-state index contributed by atoms with van der Waals surface area (Å²) in [6, 6.07) is 24.6. The second-order valence-electron chi connectivity index (χ2n) is 7.74. The molecule has 2 atom stereocenters. The van der Waals surface area contributed by atoms with Gasteiger partial charge >= 0.3 is 5.97 Å². The van der Waals surface area contributed by atoms with E-state index in [4.69, 9.17) is 9.47 Å². The van der Waals surface area contributed by atoms with E-state index in [0.29, 0.717) is 23.2 Å². The third-order valence-corrected chi connectivity index (χ3v) is 5.34. The first-order valence-electron chi connectivity index (χ1n) is 11.0. The highest BCUT2D eigenvalue weighted by Crippen LogP contribution is 2.30. The Morgan fingerprint density at radius 1 is 0.912 bits per heavy atom. The van der Waals surface area contributed by atoms with Crippen molar-refractivity contribution in [1.29, 1.82) is 0 Å². The second kappa shape index (κ2) is 12.2. The molecule has 2 unspecified atom stereocenters. The molecule has 4 nitrogen and oxygen atoms in total. The maximum atomic E-state index is 13.2. The molecule has 0 saturated heterocycles. The molecule has 0 N–H and O–H groups in total. The number of aryl methyl sites for hydroxylation is 1. The normalized spacial score (nSPS) is 13.2. The average Bonchev–Trinajstić information content (AvgIpc) is 2.87. The van der Waals surface area contributed by atoms with Crippen LogP contribution in [0.2, 0.25) is 0 Å². The molecule has 3 aromatic rings. The van der Waals surface area contributed by atoms with Crippen LogP contribution in [0.5, 0.6) is 0 Å². The van der Waals surface area contributed by atoms with Crippen molar-refractivity contribution in [2.45, 2.75) is 26.1 Å². The van der Waals surface area contributed by atoms with E-state index in [-0.39, 0.29) is 0 Å². The van der Waals surface area contributed by atoms with Crippen LogP contribution in [0.4, 0.5) is 0 Å². The minimum absolute atomic E-state index is 0.371. The van der Waals surface area contributed by atoms with Crippen LogP contribution >= 0.6 is 0 Å². The number of rotatable bonds is 10. The van der Waals surface area contributed by atoms with Gasteiger partial charge in [0, 0.05) is 0 Å². The van der Waals surface area contributed by atoms with Crippen molar-refractivity contribution in [3.63, 3.8) is 0 Å². The second-order valence-corrected chi connectivity index (χ2v) is 7.74. The van der Waals surface area contributed by atoms with Gasteiger partial charge in [0.2, 0.25) is 0 Å². The summed E-state index contributed by atoms with van der Waals surface area (Å²) >= 11 is 0. The SMILES string of the molecule is C=C/C=C(\C=C/C)C(OC(=O)c1ccc(-c2ccc(C)cc2)cc1)C(OC=O)c1ccccc1. The molecule has 34 heavy (non-hydrogen) atoms. The highest BCUT2D eigenvalue weighted by Gasteiger charge is 2.31. The predicted molar refractivity (Wildman–Crippen MR) is 135 cm³/mol. The quantitative estimate of drug-likeness (QED) is 0.193. The van der Waals surface area contributed by atoms with E-state index in [1.54, 1.807) is 24.3 Å². The molecular formula is C30H28O4. The number of hydrogen-bond acceptors (Lipinski definition) is 4. The van der Waals surface area contributed by atoms with Crippen LogP contribution in [0.15, 0.2) is 115 Å². The molecule has 0 spiro atoms. The summed E-state index contributed by atoms with van der Waals surface area (Å²) in [6.07, 6.45) is 5.29. The van der Waals surface area contributed by atoms with Crippen molar-refractivity contribution in [1.82, 2.24) is 0 Å². The number of allylic oxidation sites excluding steroid dienone is 3. The van der Waals surface area contributed by atoms with Crippen LogP contribution < -0.4 is 0 Å². The molecule has 3 rings (SSSR count). The first-order valence-corrected chi connectivity index (χ1v) is 11.0. The first-order chi connectivity index (χ1) is 16.6. The van der Waals surface area contributed by atoms with Gasteiger partial charge in [0.1, 0.15) is 0 Å². The summed E-state index contributed by atoms with van der Waals surface area (Å²) in [4.78, 5) is 24.5. The van der Waals surface area contributed by atoms with Gasteiger partial charge in [0.05, 0.1) is 5.56 Å². The molecule has 3 aromatic carbocycles. The molecule has 0 bridgehead atoms. The standard InChI is InChI=1S/C30H28O4/c1-4-9-25(10-5-2)29(28(33-21-31)26-11-7-6-8-12-26)34-30(32)27-19-17-24(18-20-27)23-15-13-22(3)14-16-23/h4-21,28-29H,1H2,2-3H3/b10-5-,25-9+. The van der Waals surface area contributed by atoms with E-state index in [2.05, 4.69) is 6.58 Å². The Balaban J connectivity index is 1.92. The Kier molecular flexibility index (Phi) is 8.75. The van der Waals surface area contributed by atoms with Gasteiger partial charge in [0.15, 0.2) is 12.2 Å². The molecule has 0 saturated carbocycles. The zero-order valence-electron chi connectivity index (χ0n) is 19.4. The predicted octanol–water partition coefficient (Wildman–Crippen LogP) is 6.79. The van der Waals surface area contributed by atoms with Crippen LogP contribution in [0.3, 0.4) is 0 Å². The third kappa shape index (κ3) is 6.20. The number of ether oxygens (including phenoxy) is 2. The van der Waals surface area contributed by atoms with E-state index in [9.17, 15) is 9.59 Å². The summed E-state index contributed by atoms with van der Waals surface area (Å²) in [5, 5.41) is 0. The lowest BCUT2D eigenvalue weighted by molar-refractivity contribution is -0.138. The zero-order valence-corrected chi connectivity index (χ0v) is 19.4. The molecule has 0 amide bonds. The fourth-order valence-electron chi connectivity index (χ4n) is 3.63. The highest BCUT2D eigenvalue weighted by molar-refractivity contribution is 5.90. The fraction of sp³-hybridized carbons (Fsp3) is 0.133. The van der Waals surface area contributed by atoms with Crippen LogP contribution in [-0.2, 0) is 14.3 Å². The van der Waals surface area contributed by atoms with Gasteiger partial charge in [-0.25, -0.2) is 4.79 Å². The molecule has 0 aliphatic carbocycles. The molecule has 0 heterocycles. The van der Waals surface area contributed by atoms with Gasteiger partial charge in [-0.05, 0) is 48.2 Å². The summed E-state index contributed by atoms with van der Waals surface area (Å²) in [7, 11) is 0. The summed E-state index contributed by atoms with van der Waals surface area (Å²) in [6.45, 7) is 8.03. The highest BCUT2D eigenvalue weighted by atomic mass is 16.6. The summed E-state index contributed by atoms with van der Waals surface area (Å²) in [5.41, 5.74) is 5.01. The van der Waals surface area contributed by atoms with E-state index in [1.165, 1.54) is 5.56 Å². The molecule has 4 heteroatoms. The maximum absolute atomic E-state index is 13.2. The van der Waals surface area contributed by atoms with E-state index >= 15 is 0 Å². The third-order valence-electron chi connectivity index (χ3n) is 5.34. The van der Waals surface area contributed by atoms with Gasteiger partial charge in [0.25, 0.3) is 6.47 Å². The van der Waals surface area contributed by atoms with E-state index < -0.39 is 18.2 Å². The topological polar surface area (TPSA) is 52.6 Å². The monoisotopic (exact) mass is 452 g/mol. The van der Waals surface area contributed by atoms with Gasteiger partial charge in [-0.3, -0.25) is 4.79 Å². The lowest BCUT2D eigenvalue weighted by atomic mass is 9.96. The Hall–Kier alpha value is -4.18. The van der Waals surface area contributed by atoms with E-state index in [0.717, 1.165) is 11.1 Å². The number of hydrogen-bond donors (Lipinski definition) is 0. The lowest BCUT2D eigenvalue weighted by Gasteiger charge is -2.27. The Morgan fingerprint density at radius 3 is 2.09 bits per heavy atom.